The Morgan fingerprint density at radius 3 is 2.38 bits per heavy atom. The summed E-state index contributed by atoms with van der Waals surface area (Å²) in [5.74, 6) is 0.946. The van der Waals surface area contributed by atoms with Crippen LogP contribution < -0.4 is 5.32 Å². The minimum atomic E-state index is -0.599. The highest BCUT2D eigenvalue weighted by atomic mass is 16.4. The van der Waals surface area contributed by atoms with Crippen LogP contribution in [0.4, 0.5) is 0 Å². The van der Waals surface area contributed by atoms with Gasteiger partial charge in [0.2, 0.25) is 0 Å². The molecule has 3 heteroatoms. The molecule has 92 valence electrons. The first-order valence-electron chi connectivity index (χ1n) is 6.63. The lowest BCUT2D eigenvalue weighted by molar-refractivity contribution is -0.143. The molecule has 2 aliphatic carbocycles. The van der Waals surface area contributed by atoms with Crippen LogP contribution in [0, 0.1) is 17.8 Å². The zero-order valence-electron chi connectivity index (χ0n) is 10.1. The van der Waals surface area contributed by atoms with Crippen molar-refractivity contribution in [3.05, 3.63) is 0 Å². The maximum absolute atomic E-state index is 10.8. The summed E-state index contributed by atoms with van der Waals surface area (Å²) in [6.07, 6.45) is 6.70. The van der Waals surface area contributed by atoms with Crippen LogP contribution in [0.3, 0.4) is 0 Å². The second kappa shape index (κ2) is 5.17. The Morgan fingerprint density at radius 1 is 1.25 bits per heavy atom. The van der Waals surface area contributed by atoms with Crippen LogP contribution in [-0.4, -0.2) is 23.7 Å². The molecule has 0 saturated heterocycles. The van der Waals surface area contributed by atoms with E-state index in [2.05, 4.69) is 12.2 Å². The van der Waals surface area contributed by atoms with Gasteiger partial charge >= 0.3 is 5.97 Å². The monoisotopic (exact) mass is 225 g/mol. The first kappa shape index (κ1) is 11.9. The van der Waals surface area contributed by atoms with Crippen molar-refractivity contribution in [3.8, 4) is 0 Å². The van der Waals surface area contributed by atoms with Gasteiger partial charge in [0.15, 0.2) is 0 Å². The fourth-order valence-corrected chi connectivity index (χ4v) is 2.73. The van der Waals surface area contributed by atoms with Gasteiger partial charge in [0, 0.05) is 6.04 Å². The van der Waals surface area contributed by atoms with Crippen molar-refractivity contribution >= 4 is 5.97 Å². The van der Waals surface area contributed by atoms with Crippen LogP contribution in [-0.2, 0) is 4.79 Å². The van der Waals surface area contributed by atoms with Crippen molar-refractivity contribution in [2.45, 2.75) is 51.5 Å². The Hall–Kier alpha value is -0.570. The van der Waals surface area contributed by atoms with Crippen molar-refractivity contribution in [3.63, 3.8) is 0 Å². The minimum absolute atomic E-state index is 0.0721. The summed E-state index contributed by atoms with van der Waals surface area (Å²) in [7, 11) is 0. The van der Waals surface area contributed by atoms with E-state index in [9.17, 15) is 4.79 Å². The molecule has 2 N–H and O–H groups in total. The first-order chi connectivity index (χ1) is 7.66. The average Bonchev–Trinajstić information content (AvgIpc) is 3.10. The molecule has 1 atom stereocenters. The number of hydrogen-bond donors (Lipinski definition) is 2. The van der Waals surface area contributed by atoms with E-state index >= 15 is 0 Å². The molecule has 1 unspecified atom stereocenters. The molecule has 2 fully saturated rings. The molecule has 2 aliphatic rings. The third-order valence-corrected chi connectivity index (χ3v) is 4.25. The molecule has 2 rings (SSSR count). The van der Waals surface area contributed by atoms with E-state index in [4.69, 9.17) is 5.11 Å². The topological polar surface area (TPSA) is 49.3 Å². The normalized spacial score (nSPS) is 32.3. The molecule has 0 aliphatic heterocycles. The van der Waals surface area contributed by atoms with E-state index in [1.54, 1.807) is 0 Å². The van der Waals surface area contributed by atoms with Crippen LogP contribution in [0.2, 0.25) is 0 Å². The number of carboxylic acids is 1. The summed E-state index contributed by atoms with van der Waals surface area (Å²) in [4.78, 5) is 10.8. The SMILES string of the molecule is CC(NCC1CCC(C(=O)O)CC1)C1CC1. The Kier molecular flexibility index (Phi) is 3.85. The van der Waals surface area contributed by atoms with Gasteiger partial charge in [-0.25, -0.2) is 0 Å². The van der Waals surface area contributed by atoms with Gasteiger partial charge < -0.3 is 10.4 Å². The molecule has 0 spiro atoms. The summed E-state index contributed by atoms with van der Waals surface area (Å²) >= 11 is 0. The largest absolute Gasteiger partial charge is 0.481 e. The van der Waals surface area contributed by atoms with Crippen LogP contribution in [0.5, 0.6) is 0 Å². The fraction of sp³-hybridized carbons (Fsp3) is 0.923. The van der Waals surface area contributed by atoms with Gasteiger partial charge in [-0.15, -0.1) is 0 Å². The molecule has 0 heterocycles. The molecule has 0 aromatic carbocycles. The Balaban J connectivity index is 1.63. The van der Waals surface area contributed by atoms with E-state index in [0.717, 1.165) is 38.1 Å². The predicted octanol–water partition coefficient (Wildman–Crippen LogP) is 2.27. The van der Waals surface area contributed by atoms with Crippen molar-refractivity contribution in [1.29, 1.82) is 0 Å². The van der Waals surface area contributed by atoms with Gasteiger partial charge in [-0.05, 0) is 63.8 Å². The van der Waals surface area contributed by atoms with Gasteiger partial charge in [-0.1, -0.05) is 0 Å². The zero-order chi connectivity index (χ0) is 11.5. The highest BCUT2D eigenvalue weighted by Crippen LogP contribution is 2.33. The van der Waals surface area contributed by atoms with Gasteiger partial charge in [0.25, 0.3) is 0 Å². The highest BCUT2D eigenvalue weighted by Gasteiger charge is 2.29. The Morgan fingerprint density at radius 2 is 1.88 bits per heavy atom. The standard InChI is InChI=1S/C13H23NO2/c1-9(11-6-7-11)14-8-10-2-4-12(5-3-10)13(15)16/h9-12,14H,2-8H2,1H3,(H,15,16). The van der Waals surface area contributed by atoms with Gasteiger partial charge in [0.05, 0.1) is 5.92 Å². The van der Waals surface area contributed by atoms with Crippen LogP contribution in [0.15, 0.2) is 0 Å². The lowest BCUT2D eigenvalue weighted by Gasteiger charge is -2.27. The molecule has 0 radical (unpaired) electrons. The van der Waals surface area contributed by atoms with Crippen LogP contribution >= 0.6 is 0 Å². The number of carboxylic acid groups (broad SMARTS) is 1. The summed E-state index contributed by atoms with van der Waals surface area (Å²) in [5.41, 5.74) is 0. The van der Waals surface area contributed by atoms with Crippen LogP contribution in [0.25, 0.3) is 0 Å². The summed E-state index contributed by atoms with van der Waals surface area (Å²) in [5, 5.41) is 12.5. The number of carbonyl (C=O) groups is 1. The highest BCUT2D eigenvalue weighted by molar-refractivity contribution is 5.69. The number of rotatable bonds is 5. The first-order valence-corrected chi connectivity index (χ1v) is 6.63. The second-order valence-corrected chi connectivity index (χ2v) is 5.59. The Labute approximate surface area is 97.6 Å². The predicted molar refractivity (Wildman–Crippen MR) is 63.3 cm³/mol. The smallest absolute Gasteiger partial charge is 0.306 e. The summed E-state index contributed by atoms with van der Waals surface area (Å²) in [6.45, 7) is 3.37. The molecule has 0 aromatic rings. The maximum Gasteiger partial charge on any atom is 0.306 e. The minimum Gasteiger partial charge on any atom is -0.481 e. The van der Waals surface area contributed by atoms with E-state index < -0.39 is 5.97 Å². The van der Waals surface area contributed by atoms with E-state index in [1.807, 2.05) is 0 Å². The zero-order valence-corrected chi connectivity index (χ0v) is 10.1. The fourth-order valence-electron chi connectivity index (χ4n) is 2.73. The lowest BCUT2D eigenvalue weighted by atomic mass is 9.82. The van der Waals surface area contributed by atoms with Gasteiger partial charge in [0.1, 0.15) is 0 Å². The summed E-state index contributed by atoms with van der Waals surface area (Å²) < 4.78 is 0. The molecule has 0 bridgehead atoms. The Bertz CT molecular complexity index is 242. The quantitative estimate of drug-likeness (QED) is 0.754. The number of aliphatic carboxylic acids is 1. The van der Waals surface area contributed by atoms with Gasteiger partial charge in [-0.3, -0.25) is 4.79 Å². The molecule has 0 amide bonds. The van der Waals surface area contributed by atoms with E-state index in [-0.39, 0.29) is 5.92 Å². The molecule has 0 aromatic heterocycles. The van der Waals surface area contributed by atoms with Crippen LogP contribution in [0.1, 0.15) is 45.4 Å². The molecule has 16 heavy (non-hydrogen) atoms. The van der Waals surface area contributed by atoms with Crippen molar-refractivity contribution in [1.82, 2.24) is 5.32 Å². The van der Waals surface area contributed by atoms with Crippen molar-refractivity contribution < 1.29 is 9.90 Å². The second-order valence-electron chi connectivity index (χ2n) is 5.59. The lowest BCUT2D eigenvalue weighted by Crippen LogP contribution is -2.34. The molecular weight excluding hydrogens is 202 g/mol. The maximum atomic E-state index is 10.8. The third kappa shape index (κ3) is 3.21. The molecule has 3 nitrogen and oxygen atoms in total. The summed E-state index contributed by atoms with van der Waals surface area (Å²) in [6, 6.07) is 0.664. The van der Waals surface area contributed by atoms with E-state index in [0.29, 0.717) is 12.0 Å². The molecule has 2 saturated carbocycles. The third-order valence-electron chi connectivity index (χ3n) is 4.25. The number of nitrogens with one attached hydrogen (secondary N) is 1. The molecular formula is C13H23NO2. The van der Waals surface area contributed by atoms with Gasteiger partial charge in [-0.2, -0.15) is 0 Å². The van der Waals surface area contributed by atoms with Crippen molar-refractivity contribution in [2.75, 3.05) is 6.54 Å². The van der Waals surface area contributed by atoms with E-state index in [1.165, 1.54) is 12.8 Å². The number of hydrogen-bond acceptors (Lipinski definition) is 2. The van der Waals surface area contributed by atoms with Crippen molar-refractivity contribution in [2.24, 2.45) is 17.8 Å². The average molecular weight is 225 g/mol.